The Hall–Kier alpha value is -6.32. The lowest BCUT2D eigenvalue weighted by atomic mass is 9.97. The molecule has 226 valence electrons. The van der Waals surface area contributed by atoms with Gasteiger partial charge in [-0.15, -0.1) is 0 Å². The summed E-state index contributed by atoms with van der Waals surface area (Å²) in [6.07, 6.45) is 6.43. The zero-order valence-corrected chi connectivity index (χ0v) is 26.6. The van der Waals surface area contributed by atoms with E-state index in [1.807, 2.05) is 6.08 Å². The Morgan fingerprint density at radius 1 is 0.479 bits per heavy atom. The number of benzene rings is 7. The maximum absolute atomic E-state index is 4.39. The minimum atomic E-state index is 1.13. The molecule has 0 N–H and O–H groups in total. The highest BCUT2D eigenvalue weighted by molar-refractivity contribution is 6.31. The number of rotatable bonds is 5. The quantitative estimate of drug-likeness (QED) is 0.172. The van der Waals surface area contributed by atoms with E-state index < -0.39 is 0 Å². The first-order valence-electron chi connectivity index (χ1n) is 16.5. The molecule has 48 heavy (non-hydrogen) atoms. The molecule has 3 heteroatoms. The predicted molar refractivity (Wildman–Crippen MR) is 205 cm³/mol. The lowest BCUT2D eigenvalue weighted by Crippen LogP contribution is -1.99. The summed E-state index contributed by atoms with van der Waals surface area (Å²) in [6, 6.07) is 50.6. The van der Waals surface area contributed by atoms with Crippen LogP contribution in [0.25, 0.3) is 94.5 Å². The molecule has 10 rings (SSSR count). The van der Waals surface area contributed by atoms with Crippen LogP contribution in [-0.4, -0.2) is 13.7 Å². The smallest absolute Gasteiger partial charge is 0.0568 e. The molecule has 7 aromatic carbocycles. The Morgan fingerprint density at radius 3 is 1.83 bits per heavy atom. The number of nitrogens with zero attached hydrogens (tertiary/aromatic N) is 3. The normalized spacial score (nSPS) is 12.3. The Bertz CT molecular complexity index is 2900. The van der Waals surface area contributed by atoms with Crippen LogP contribution in [-0.2, 0) is 0 Å². The van der Waals surface area contributed by atoms with E-state index in [0.29, 0.717) is 0 Å². The molecule has 0 radical (unpaired) electrons. The highest BCUT2D eigenvalue weighted by Gasteiger charge is 2.25. The van der Waals surface area contributed by atoms with Gasteiger partial charge in [-0.25, -0.2) is 0 Å². The Morgan fingerprint density at radius 2 is 1.10 bits per heavy atom. The molecule has 0 aliphatic carbocycles. The van der Waals surface area contributed by atoms with Crippen LogP contribution in [0.1, 0.15) is 18.2 Å². The molecule has 10 aromatic rings. The third kappa shape index (κ3) is 3.48. The monoisotopic (exact) mass is 613 g/mol. The van der Waals surface area contributed by atoms with E-state index in [9.17, 15) is 0 Å². The topological polar surface area (TPSA) is 14.8 Å². The average molecular weight is 614 g/mol. The number of allylic oxidation sites excluding steroid dienone is 1. The molecule has 0 unspecified atom stereocenters. The molecule has 0 spiro atoms. The summed E-state index contributed by atoms with van der Waals surface area (Å²) < 4.78 is 7.30. The van der Waals surface area contributed by atoms with E-state index in [1.54, 1.807) is 0 Å². The molecule has 0 saturated heterocycles. The molecule has 0 bridgehead atoms. The van der Waals surface area contributed by atoms with Crippen molar-refractivity contribution in [2.75, 3.05) is 0 Å². The van der Waals surface area contributed by atoms with Crippen molar-refractivity contribution in [2.24, 2.45) is 0 Å². The minimum absolute atomic E-state index is 1.13. The number of para-hydroxylation sites is 3. The Kier molecular flexibility index (Phi) is 5.64. The van der Waals surface area contributed by atoms with E-state index >= 15 is 0 Å². The van der Waals surface area contributed by atoms with Gasteiger partial charge >= 0.3 is 0 Å². The fourth-order valence-corrected chi connectivity index (χ4v) is 8.26. The Labute approximate surface area is 277 Å². The first kappa shape index (κ1) is 26.9. The molecular weight excluding hydrogens is 583 g/mol. The molecule has 3 aromatic heterocycles. The van der Waals surface area contributed by atoms with Crippen molar-refractivity contribution in [1.29, 1.82) is 0 Å². The van der Waals surface area contributed by atoms with Crippen molar-refractivity contribution in [3.63, 3.8) is 0 Å². The van der Waals surface area contributed by atoms with Crippen LogP contribution in [0, 0.1) is 0 Å². The van der Waals surface area contributed by atoms with Gasteiger partial charge in [-0.05, 0) is 78.4 Å². The van der Waals surface area contributed by atoms with Gasteiger partial charge in [0, 0.05) is 43.9 Å². The summed E-state index contributed by atoms with van der Waals surface area (Å²) in [5, 5.41) is 8.79. The van der Waals surface area contributed by atoms with Gasteiger partial charge in [0.25, 0.3) is 0 Å². The van der Waals surface area contributed by atoms with Crippen LogP contribution in [0.3, 0.4) is 0 Å². The summed E-state index contributed by atoms with van der Waals surface area (Å²) in [5.41, 5.74) is 11.7. The molecule has 3 heterocycles. The summed E-state index contributed by atoms with van der Waals surface area (Å²) in [6.45, 7) is 6.49. The van der Waals surface area contributed by atoms with Crippen molar-refractivity contribution < 1.29 is 0 Å². The maximum atomic E-state index is 4.39. The zero-order valence-electron chi connectivity index (χ0n) is 26.6. The molecule has 3 nitrogen and oxygen atoms in total. The van der Waals surface area contributed by atoms with E-state index in [4.69, 9.17) is 0 Å². The number of hydrogen-bond donors (Lipinski definition) is 0. The lowest BCUT2D eigenvalue weighted by Gasteiger charge is -2.13. The average Bonchev–Trinajstić information content (AvgIpc) is 3.77. The molecule has 0 amide bonds. The first-order valence-corrected chi connectivity index (χ1v) is 16.5. The highest BCUT2D eigenvalue weighted by Crippen LogP contribution is 2.46. The van der Waals surface area contributed by atoms with Crippen molar-refractivity contribution in [2.45, 2.75) is 6.92 Å². The standard InChI is InChI=1S/C45H31N3/c1-3-15-35-32(4-2)43-34-27-26-29-16-13-23-37-42(29)45(34)41(47(37)31-19-9-6-10-20-31)28-40(43)48(35)39-25-14-24-38-44(39)33-21-11-12-22-36(33)46(38)30-17-7-5-8-18-30/h3-28H,2H2,1H3/b15-3-. The molecule has 0 atom stereocenters. The van der Waals surface area contributed by atoms with Gasteiger partial charge in [0.05, 0.1) is 39.0 Å². The third-order valence-electron chi connectivity index (χ3n) is 10.1. The third-order valence-corrected chi connectivity index (χ3v) is 10.1. The zero-order chi connectivity index (χ0) is 31.9. The number of aromatic nitrogens is 3. The van der Waals surface area contributed by atoms with Crippen LogP contribution in [0.4, 0.5) is 0 Å². The second kappa shape index (κ2) is 10.1. The fourth-order valence-electron chi connectivity index (χ4n) is 8.26. The van der Waals surface area contributed by atoms with Gasteiger partial charge in [-0.2, -0.15) is 0 Å². The van der Waals surface area contributed by atoms with Gasteiger partial charge in [0.15, 0.2) is 0 Å². The van der Waals surface area contributed by atoms with Crippen LogP contribution in [0.5, 0.6) is 0 Å². The number of hydrogen-bond acceptors (Lipinski definition) is 0. The van der Waals surface area contributed by atoms with Crippen molar-refractivity contribution in [1.82, 2.24) is 13.7 Å². The first-order chi connectivity index (χ1) is 23.8. The molecule has 0 saturated carbocycles. The van der Waals surface area contributed by atoms with E-state index in [0.717, 1.165) is 33.8 Å². The summed E-state index contributed by atoms with van der Waals surface area (Å²) >= 11 is 0. The van der Waals surface area contributed by atoms with E-state index in [2.05, 4.69) is 179 Å². The van der Waals surface area contributed by atoms with Crippen LogP contribution in [0.2, 0.25) is 0 Å². The summed E-state index contributed by atoms with van der Waals surface area (Å²) in [7, 11) is 0. The summed E-state index contributed by atoms with van der Waals surface area (Å²) in [5.74, 6) is 0. The fraction of sp³-hybridized carbons (Fsp3) is 0.0222. The SMILES string of the molecule is C=Cc1c(/C=C\C)n(-c2cccc3c2c2ccccc2n3-c2ccccc2)c2cc3c4c(ccc5cccc(c54)n3-c3ccccc3)c12. The van der Waals surface area contributed by atoms with Crippen molar-refractivity contribution >= 4 is 77.4 Å². The minimum Gasteiger partial charge on any atom is -0.309 e. The van der Waals surface area contributed by atoms with E-state index in [1.165, 1.54) is 59.8 Å². The van der Waals surface area contributed by atoms with E-state index in [-0.39, 0.29) is 0 Å². The van der Waals surface area contributed by atoms with Crippen LogP contribution < -0.4 is 0 Å². The van der Waals surface area contributed by atoms with Gasteiger partial charge in [-0.1, -0.05) is 104 Å². The van der Waals surface area contributed by atoms with Gasteiger partial charge < -0.3 is 13.7 Å². The van der Waals surface area contributed by atoms with Crippen molar-refractivity contribution in [3.05, 3.63) is 163 Å². The summed E-state index contributed by atoms with van der Waals surface area (Å²) in [4.78, 5) is 0. The highest BCUT2D eigenvalue weighted by atomic mass is 15.0. The molecular formula is C45H31N3. The van der Waals surface area contributed by atoms with Gasteiger partial charge in [0.2, 0.25) is 0 Å². The Balaban J connectivity index is 1.43. The van der Waals surface area contributed by atoms with Crippen molar-refractivity contribution in [3.8, 4) is 17.1 Å². The van der Waals surface area contributed by atoms with Crippen LogP contribution in [0.15, 0.2) is 152 Å². The van der Waals surface area contributed by atoms with Gasteiger partial charge in [-0.3, -0.25) is 0 Å². The van der Waals surface area contributed by atoms with Crippen LogP contribution >= 0.6 is 0 Å². The predicted octanol–water partition coefficient (Wildman–Crippen LogP) is 12.1. The number of fused-ring (bicyclic) bond motifs is 5. The maximum Gasteiger partial charge on any atom is 0.0568 e. The molecule has 0 fully saturated rings. The molecule has 0 aliphatic heterocycles. The van der Waals surface area contributed by atoms with Gasteiger partial charge in [0.1, 0.15) is 0 Å². The molecule has 0 aliphatic rings. The lowest BCUT2D eigenvalue weighted by molar-refractivity contribution is 1.11. The second-order valence-electron chi connectivity index (χ2n) is 12.5. The largest absolute Gasteiger partial charge is 0.309 e. The second-order valence-corrected chi connectivity index (χ2v) is 12.5.